The zero-order chi connectivity index (χ0) is 16.4. The Morgan fingerprint density at radius 3 is 2.35 bits per heavy atom. The van der Waals surface area contributed by atoms with Gasteiger partial charge in [0.2, 0.25) is 5.91 Å². The molecule has 1 amide bonds. The Morgan fingerprint density at radius 2 is 1.74 bits per heavy atom. The first-order valence-electron chi connectivity index (χ1n) is 8.31. The van der Waals surface area contributed by atoms with Crippen LogP contribution in [0.1, 0.15) is 26.2 Å². The molecule has 3 rings (SSSR count). The summed E-state index contributed by atoms with van der Waals surface area (Å²) in [4.78, 5) is 27.8. The molecule has 0 radical (unpaired) electrons. The van der Waals surface area contributed by atoms with Gasteiger partial charge in [0.25, 0.3) is 0 Å². The fraction of sp³-hybridized carbons (Fsp3) is 0.556. The number of amides is 1. The van der Waals surface area contributed by atoms with Crippen LogP contribution in [-0.4, -0.2) is 38.6 Å². The molecule has 0 N–H and O–H groups in total. The van der Waals surface area contributed by atoms with Gasteiger partial charge >= 0.3 is 5.97 Å². The molecular formula is C18H24N2O3. The van der Waals surface area contributed by atoms with Crippen molar-refractivity contribution < 1.29 is 14.3 Å². The van der Waals surface area contributed by atoms with Gasteiger partial charge < -0.3 is 14.5 Å². The highest BCUT2D eigenvalue weighted by molar-refractivity contribution is 5.99. The maximum Gasteiger partial charge on any atom is 0.311 e. The number of nitrogens with zero attached hydrogens (tertiary/aromatic N) is 2. The maximum atomic E-state index is 12.1. The van der Waals surface area contributed by atoms with E-state index in [1.807, 2.05) is 12.1 Å². The second-order valence-corrected chi connectivity index (χ2v) is 6.61. The molecule has 1 aromatic carbocycles. The second-order valence-electron chi connectivity index (χ2n) is 6.61. The van der Waals surface area contributed by atoms with Gasteiger partial charge in [-0.1, -0.05) is 6.92 Å². The lowest BCUT2D eigenvalue weighted by Crippen LogP contribution is -2.32. The zero-order valence-corrected chi connectivity index (χ0v) is 13.8. The van der Waals surface area contributed by atoms with Gasteiger partial charge in [0.05, 0.1) is 13.0 Å². The third kappa shape index (κ3) is 3.33. The monoisotopic (exact) mass is 316 g/mol. The van der Waals surface area contributed by atoms with Crippen LogP contribution >= 0.6 is 0 Å². The van der Waals surface area contributed by atoms with E-state index in [1.54, 1.807) is 4.90 Å². The number of ether oxygens (including phenoxy) is 1. The molecule has 0 spiro atoms. The number of hydrogen-bond acceptors (Lipinski definition) is 4. The highest BCUT2D eigenvalue weighted by Gasteiger charge is 2.35. The molecule has 0 aliphatic carbocycles. The number of piperidine rings is 1. The summed E-state index contributed by atoms with van der Waals surface area (Å²) in [6.07, 6.45) is 2.69. The Labute approximate surface area is 137 Å². The molecule has 2 aliphatic rings. The van der Waals surface area contributed by atoms with Gasteiger partial charge in [-0.05, 0) is 43.0 Å². The molecule has 5 nitrogen and oxygen atoms in total. The molecular weight excluding hydrogens is 292 g/mol. The van der Waals surface area contributed by atoms with Gasteiger partial charge in [0, 0.05) is 37.4 Å². The molecule has 0 unspecified atom stereocenters. The topological polar surface area (TPSA) is 49.9 Å². The minimum atomic E-state index is -0.351. The average molecular weight is 316 g/mol. The van der Waals surface area contributed by atoms with Crippen LogP contribution in [-0.2, 0) is 14.3 Å². The number of carbonyl (C=O) groups is 2. The second kappa shape index (κ2) is 6.60. The Kier molecular flexibility index (Phi) is 4.55. The van der Waals surface area contributed by atoms with Gasteiger partial charge in [0.15, 0.2) is 0 Å². The van der Waals surface area contributed by atoms with Gasteiger partial charge in [-0.2, -0.15) is 0 Å². The van der Waals surface area contributed by atoms with Crippen molar-refractivity contribution in [2.24, 2.45) is 11.8 Å². The van der Waals surface area contributed by atoms with E-state index in [0.29, 0.717) is 6.54 Å². The van der Waals surface area contributed by atoms with E-state index >= 15 is 0 Å². The van der Waals surface area contributed by atoms with E-state index in [1.165, 1.54) is 25.6 Å². The first-order chi connectivity index (χ1) is 11.1. The normalized spacial score (nSPS) is 22.5. The molecule has 2 heterocycles. The lowest BCUT2D eigenvalue weighted by Gasteiger charge is -2.32. The minimum absolute atomic E-state index is 0.0139. The van der Waals surface area contributed by atoms with E-state index in [9.17, 15) is 9.59 Å². The van der Waals surface area contributed by atoms with Crippen molar-refractivity contribution in [2.75, 3.05) is 36.5 Å². The lowest BCUT2D eigenvalue weighted by atomic mass is 9.99. The molecule has 0 saturated carbocycles. The Balaban J connectivity index is 1.68. The fourth-order valence-electron chi connectivity index (χ4n) is 3.39. The largest absolute Gasteiger partial charge is 0.469 e. The summed E-state index contributed by atoms with van der Waals surface area (Å²) >= 11 is 0. The third-order valence-electron chi connectivity index (χ3n) is 4.97. The number of anilines is 2. The predicted molar refractivity (Wildman–Crippen MR) is 89.5 cm³/mol. The molecule has 2 aliphatic heterocycles. The predicted octanol–water partition coefficient (Wildman–Crippen LogP) is 2.45. The van der Waals surface area contributed by atoms with Crippen LogP contribution in [0.15, 0.2) is 24.3 Å². The van der Waals surface area contributed by atoms with Crippen LogP contribution in [0.5, 0.6) is 0 Å². The average Bonchev–Trinajstić information content (AvgIpc) is 2.97. The highest BCUT2D eigenvalue weighted by Crippen LogP contribution is 2.29. The fourth-order valence-corrected chi connectivity index (χ4v) is 3.39. The Morgan fingerprint density at radius 1 is 1.13 bits per heavy atom. The van der Waals surface area contributed by atoms with E-state index in [0.717, 1.165) is 24.7 Å². The summed E-state index contributed by atoms with van der Waals surface area (Å²) in [6, 6.07) is 8.10. The molecule has 2 saturated heterocycles. The van der Waals surface area contributed by atoms with Crippen LogP contribution in [0, 0.1) is 11.8 Å². The molecule has 0 aromatic heterocycles. The number of hydrogen-bond donors (Lipinski definition) is 0. The van der Waals surface area contributed by atoms with Crippen molar-refractivity contribution in [2.45, 2.75) is 26.2 Å². The molecule has 1 atom stereocenters. The number of carbonyl (C=O) groups excluding carboxylic acids is 2. The summed E-state index contributed by atoms with van der Waals surface area (Å²) < 4.78 is 4.75. The standard InChI is InChI=1S/C18H24N2O3/c1-13-7-9-19(10-8-13)15-3-5-16(6-4-15)20-12-14(11-17(20)21)18(22)23-2/h3-6,13-14H,7-12H2,1-2H3/t14-/m0/s1. The van der Waals surface area contributed by atoms with Crippen LogP contribution < -0.4 is 9.80 Å². The summed E-state index contributed by atoms with van der Waals surface area (Å²) in [5.41, 5.74) is 2.06. The van der Waals surface area contributed by atoms with Crippen molar-refractivity contribution in [3.63, 3.8) is 0 Å². The molecule has 0 bridgehead atoms. The number of rotatable bonds is 3. The summed E-state index contributed by atoms with van der Waals surface area (Å²) in [5, 5.41) is 0. The number of methoxy groups -OCH3 is 1. The Hall–Kier alpha value is -2.04. The number of benzene rings is 1. The molecule has 1 aromatic rings. The van der Waals surface area contributed by atoms with Crippen molar-refractivity contribution in [3.8, 4) is 0 Å². The summed E-state index contributed by atoms with van der Waals surface area (Å²) in [7, 11) is 1.36. The van der Waals surface area contributed by atoms with Gasteiger partial charge in [-0.25, -0.2) is 0 Å². The van der Waals surface area contributed by atoms with Crippen LogP contribution in [0.4, 0.5) is 11.4 Å². The first-order valence-corrected chi connectivity index (χ1v) is 8.31. The van der Waals surface area contributed by atoms with Gasteiger partial charge in [-0.3, -0.25) is 9.59 Å². The lowest BCUT2D eigenvalue weighted by molar-refractivity contribution is -0.145. The van der Waals surface area contributed by atoms with Crippen LogP contribution in [0.2, 0.25) is 0 Å². The van der Waals surface area contributed by atoms with Crippen LogP contribution in [0.25, 0.3) is 0 Å². The summed E-state index contributed by atoms with van der Waals surface area (Å²) in [5.74, 6) is 0.138. The third-order valence-corrected chi connectivity index (χ3v) is 4.97. The minimum Gasteiger partial charge on any atom is -0.469 e. The van der Waals surface area contributed by atoms with Gasteiger partial charge in [-0.15, -0.1) is 0 Å². The Bertz CT molecular complexity index is 576. The zero-order valence-electron chi connectivity index (χ0n) is 13.8. The molecule has 23 heavy (non-hydrogen) atoms. The quantitative estimate of drug-likeness (QED) is 0.804. The maximum absolute atomic E-state index is 12.1. The smallest absolute Gasteiger partial charge is 0.311 e. The van der Waals surface area contributed by atoms with E-state index in [-0.39, 0.29) is 24.2 Å². The van der Waals surface area contributed by atoms with E-state index < -0.39 is 0 Å². The number of esters is 1. The SMILES string of the molecule is COC(=O)[C@H]1CC(=O)N(c2ccc(N3CCC(C)CC3)cc2)C1. The first kappa shape index (κ1) is 15.8. The highest BCUT2D eigenvalue weighted by atomic mass is 16.5. The summed E-state index contributed by atoms with van der Waals surface area (Å²) in [6.45, 7) is 4.89. The van der Waals surface area contributed by atoms with Crippen molar-refractivity contribution in [3.05, 3.63) is 24.3 Å². The molecule has 2 fully saturated rings. The van der Waals surface area contributed by atoms with E-state index in [4.69, 9.17) is 4.74 Å². The molecule has 5 heteroatoms. The van der Waals surface area contributed by atoms with Crippen molar-refractivity contribution >= 4 is 23.3 Å². The van der Waals surface area contributed by atoms with Crippen LogP contribution in [0.3, 0.4) is 0 Å². The van der Waals surface area contributed by atoms with E-state index in [2.05, 4.69) is 24.0 Å². The van der Waals surface area contributed by atoms with Crippen molar-refractivity contribution in [1.29, 1.82) is 0 Å². The van der Waals surface area contributed by atoms with Gasteiger partial charge in [0.1, 0.15) is 0 Å². The van der Waals surface area contributed by atoms with Crippen molar-refractivity contribution in [1.82, 2.24) is 0 Å². The molecule has 124 valence electrons.